The van der Waals surface area contributed by atoms with Crippen molar-refractivity contribution in [2.45, 2.75) is 5.88 Å². The van der Waals surface area contributed by atoms with Crippen molar-refractivity contribution in [3.05, 3.63) is 54.6 Å². The molecule has 0 aliphatic rings. The standard InChI is InChI=1S/C15H11ClN4/c16-8-14-18-11-5-3-7-13(15(11)19-14)20-9-17-10-4-1-2-6-12(10)20/h1-7,9H,8H2,(H,18,19). The Morgan fingerprint density at radius 3 is 2.90 bits per heavy atom. The number of H-pyrrole nitrogens is 1. The third-order valence-corrected chi connectivity index (χ3v) is 3.63. The van der Waals surface area contributed by atoms with Gasteiger partial charge in [-0.1, -0.05) is 18.2 Å². The largest absolute Gasteiger partial charge is 0.341 e. The summed E-state index contributed by atoms with van der Waals surface area (Å²) in [6.45, 7) is 0. The second kappa shape index (κ2) is 4.35. The molecule has 0 radical (unpaired) electrons. The van der Waals surface area contributed by atoms with Crippen LogP contribution < -0.4 is 0 Å². The van der Waals surface area contributed by atoms with Gasteiger partial charge in [-0.3, -0.25) is 4.57 Å². The maximum absolute atomic E-state index is 5.86. The van der Waals surface area contributed by atoms with Crippen molar-refractivity contribution < 1.29 is 0 Å². The lowest BCUT2D eigenvalue weighted by Crippen LogP contribution is -1.93. The molecule has 4 aromatic rings. The van der Waals surface area contributed by atoms with E-state index in [9.17, 15) is 0 Å². The minimum atomic E-state index is 0.374. The lowest BCUT2D eigenvalue weighted by Gasteiger charge is -2.04. The minimum Gasteiger partial charge on any atom is -0.341 e. The van der Waals surface area contributed by atoms with E-state index in [1.54, 1.807) is 0 Å². The van der Waals surface area contributed by atoms with Crippen LogP contribution in [0.25, 0.3) is 27.8 Å². The van der Waals surface area contributed by atoms with E-state index in [1.165, 1.54) is 0 Å². The third kappa shape index (κ3) is 1.62. The molecule has 98 valence electrons. The van der Waals surface area contributed by atoms with E-state index >= 15 is 0 Å². The number of rotatable bonds is 2. The van der Waals surface area contributed by atoms with Gasteiger partial charge in [-0.05, 0) is 24.3 Å². The average Bonchev–Trinajstić information content (AvgIpc) is 3.10. The Hall–Kier alpha value is -2.33. The normalized spacial score (nSPS) is 11.4. The highest BCUT2D eigenvalue weighted by Crippen LogP contribution is 2.24. The number of imidazole rings is 2. The van der Waals surface area contributed by atoms with Crippen LogP contribution in [0.15, 0.2) is 48.8 Å². The zero-order valence-corrected chi connectivity index (χ0v) is 11.3. The molecule has 0 spiro atoms. The van der Waals surface area contributed by atoms with Gasteiger partial charge in [0.25, 0.3) is 0 Å². The topological polar surface area (TPSA) is 46.5 Å². The first-order valence-electron chi connectivity index (χ1n) is 6.33. The van der Waals surface area contributed by atoms with Gasteiger partial charge in [-0.15, -0.1) is 11.6 Å². The molecule has 2 aromatic carbocycles. The van der Waals surface area contributed by atoms with E-state index in [0.29, 0.717) is 5.88 Å². The zero-order chi connectivity index (χ0) is 13.5. The van der Waals surface area contributed by atoms with Crippen LogP contribution in [0.2, 0.25) is 0 Å². The van der Waals surface area contributed by atoms with Crippen molar-refractivity contribution in [1.29, 1.82) is 0 Å². The van der Waals surface area contributed by atoms with Gasteiger partial charge in [-0.25, -0.2) is 9.97 Å². The van der Waals surface area contributed by atoms with Crippen molar-refractivity contribution in [1.82, 2.24) is 19.5 Å². The van der Waals surface area contributed by atoms with E-state index in [0.717, 1.165) is 33.6 Å². The highest BCUT2D eigenvalue weighted by molar-refractivity contribution is 6.16. The maximum atomic E-state index is 5.86. The van der Waals surface area contributed by atoms with Crippen LogP contribution in [0.5, 0.6) is 0 Å². The van der Waals surface area contributed by atoms with Crippen molar-refractivity contribution in [2.24, 2.45) is 0 Å². The van der Waals surface area contributed by atoms with Crippen LogP contribution in [0, 0.1) is 0 Å². The molecule has 0 atom stereocenters. The maximum Gasteiger partial charge on any atom is 0.122 e. The zero-order valence-electron chi connectivity index (χ0n) is 10.5. The first-order chi connectivity index (χ1) is 9.86. The molecule has 0 fully saturated rings. The van der Waals surface area contributed by atoms with E-state index in [1.807, 2.05) is 42.7 Å². The molecule has 0 bridgehead atoms. The Kier molecular flexibility index (Phi) is 2.50. The van der Waals surface area contributed by atoms with Crippen molar-refractivity contribution in [3.63, 3.8) is 0 Å². The molecule has 0 unspecified atom stereocenters. The van der Waals surface area contributed by atoms with Gasteiger partial charge in [0.15, 0.2) is 0 Å². The molecule has 2 heterocycles. The van der Waals surface area contributed by atoms with Crippen molar-refractivity contribution >= 4 is 33.7 Å². The van der Waals surface area contributed by atoms with Gasteiger partial charge < -0.3 is 4.98 Å². The fourth-order valence-electron chi connectivity index (χ4n) is 2.48. The summed E-state index contributed by atoms with van der Waals surface area (Å²) in [6, 6.07) is 14.1. The van der Waals surface area contributed by atoms with Gasteiger partial charge in [0.2, 0.25) is 0 Å². The SMILES string of the molecule is ClCc1nc2c(-n3cnc4ccccc43)cccc2[nH]1. The number of aromatic amines is 1. The smallest absolute Gasteiger partial charge is 0.122 e. The summed E-state index contributed by atoms with van der Waals surface area (Å²) in [5.41, 5.74) is 4.93. The number of nitrogens with one attached hydrogen (secondary N) is 1. The van der Waals surface area contributed by atoms with Gasteiger partial charge in [0, 0.05) is 0 Å². The second-order valence-corrected chi connectivity index (χ2v) is 4.86. The molecule has 4 rings (SSSR count). The summed E-state index contributed by atoms with van der Waals surface area (Å²) in [5, 5.41) is 0. The highest BCUT2D eigenvalue weighted by atomic mass is 35.5. The van der Waals surface area contributed by atoms with Gasteiger partial charge in [0.05, 0.1) is 28.1 Å². The van der Waals surface area contributed by atoms with Crippen LogP contribution in [0.4, 0.5) is 0 Å². The summed E-state index contributed by atoms with van der Waals surface area (Å²) in [4.78, 5) is 12.2. The second-order valence-electron chi connectivity index (χ2n) is 4.59. The Morgan fingerprint density at radius 1 is 1.10 bits per heavy atom. The molecule has 0 saturated carbocycles. The molecule has 1 N–H and O–H groups in total. The Bertz CT molecular complexity index is 906. The van der Waals surface area contributed by atoms with Gasteiger partial charge >= 0.3 is 0 Å². The van der Waals surface area contributed by atoms with Crippen molar-refractivity contribution in [3.8, 4) is 5.69 Å². The fourth-order valence-corrected chi connectivity index (χ4v) is 2.60. The predicted molar refractivity (Wildman–Crippen MR) is 80.3 cm³/mol. The lowest BCUT2D eigenvalue weighted by atomic mass is 10.2. The predicted octanol–water partition coefficient (Wildman–Crippen LogP) is 3.64. The number of halogens is 1. The summed E-state index contributed by atoms with van der Waals surface area (Å²) in [5.74, 6) is 1.15. The Labute approximate surface area is 120 Å². The molecule has 0 amide bonds. The lowest BCUT2D eigenvalue weighted by molar-refractivity contribution is 1.09. The molecular weight excluding hydrogens is 272 g/mol. The van der Waals surface area contributed by atoms with E-state index < -0.39 is 0 Å². The highest BCUT2D eigenvalue weighted by Gasteiger charge is 2.10. The number of aromatic nitrogens is 4. The van der Waals surface area contributed by atoms with Gasteiger partial charge in [-0.2, -0.15) is 0 Å². The molecule has 2 aromatic heterocycles. The summed E-state index contributed by atoms with van der Waals surface area (Å²) in [6.07, 6.45) is 1.83. The Balaban J connectivity index is 2.04. The quantitative estimate of drug-likeness (QED) is 0.571. The van der Waals surface area contributed by atoms with E-state index in [-0.39, 0.29) is 0 Å². The Morgan fingerprint density at radius 2 is 2.00 bits per heavy atom. The first kappa shape index (κ1) is 11.5. The molecule has 0 aliphatic heterocycles. The first-order valence-corrected chi connectivity index (χ1v) is 6.86. The van der Waals surface area contributed by atoms with Crippen LogP contribution in [-0.4, -0.2) is 19.5 Å². The van der Waals surface area contributed by atoms with Crippen molar-refractivity contribution in [2.75, 3.05) is 0 Å². The van der Waals surface area contributed by atoms with Gasteiger partial charge in [0.1, 0.15) is 17.7 Å². The number of alkyl halides is 1. The number of hydrogen-bond donors (Lipinski definition) is 1. The minimum absolute atomic E-state index is 0.374. The van der Waals surface area contributed by atoms with E-state index in [2.05, 4.69) is 25.6 Å². The molecule has 20 heavy (non-hydrogen) atoms. The summed E-state index contributed by atoms with van der Waals surface area (Å²) >= 11 is 5.86. The monoisotopic (exact) mass is 282 g/mol. The number of hydrogen-bond acceptors (Lipinski definition) is 2. The van der Waals surface area contributed by atoms with Crippen LogP contribution in [-0.2, 0) is 5.88 Å². The van der Waals surface area contributed by atoms with Crippen LogP contribution in [0.3, 0.4) is 0 Å². The molecular formula is C15H11ClN4. The molecule has 5 heteroatoms. The van der Waals surface area contributed by atoms with Crippen LogP contribution in [0.1, 0.15) is 5.82 Å². The average molecular weight is 283 g/mol. The molecule has 0 saturated heterocycles. The molecule has 0 aliphatic carbocycles. The number of nitrogens with zero attached hydrogens (tertiary/aromatic N) is 3. The molecule has 4 nitrogen and oxygen atoms in total. The number of benzene rings is 2. The number of para-hydroxylation sites is 3. The number of fused-ring (bicyclic) bond motifs is 2. The summed E-state index contributed by atoms with van der Waals surface area (Å²) < 4.78 is 2.05. The third-order valence-electron chi connectivity index (χ3n) is 3.38. The fraction of sp³-hybridized carbons (Fsp3) is 0.0667. The summed E-state index contributed by atoms with van der Waals surface area (Å²) in [7, 11) is 0. The van der Waals surface area contributed by atoms with Crippen LogP contribution >= 0.6 is 11.6 Å². The van der Waals surface area contributed by atoms with E-state index in [4.69, 9.17) is 11.6 Å².